The molecular weight excluding hydrogens is 336 g/mol. The van der Waals surface area contributed by atoms with Crippen LogP contribution in [-0.4, -0.2) is 37.0 Å². The number of piperidine rings is 1. The van der Waals surface area contributed by atoms with Crippen LogP contribution in [0.25, 0.3) is 0 Å². The number of nitrogens with one attached hydrogen (secondary N) is 1. The number of nitrogens with zero attached hydrogens (tertiary/aromatic N) is 1. The van der Waals surface area contributed by atoms with Crippen LogP contribution in [0.3, 0.4) is 0 Å². The maximum atomic E-state index is 12.2. The largest absolute Gasteiger partial charge is 0.352 e. The Labute approximate surface area is 134 Å². The third kappa shape index (κ3) is 4.24. The van der Waals surface area contributed by atoms with Gasteiger partial charge in [-0.3, -0.25) is 4.79 Å². The molecule has 1 saturated heterocycles. The summed E-state index contributed by atoms with van der Waals surface area (Å²) in [5.74, 6) is 0.574. The second-order valence-electron chi connectivity index (χ2n) is 5.25. The zero-order chi connectivity index (χ0) is 14.5. The van der Waals surface area contributed by atoms with Crippen LogP contribution in [0.5, 0.6) is 0 Å². The second-order valence-corrected chi connectivity index (χ2v) is 6.62. The zero-order valence-corrected chi connectivity index (χ0v) is 14.2. The molecule has 1 aliphatic rings. The van der Waals surface area contributed by atoms with Gasteiger partial charge >= 0.3 is 0 Å². The molecule has 1 aromatic rings. The predicted molar refractivity (Wildman–Crippen MR) is 88.6 cm³/mol. The number of likely N-dealkylation sites (tertiary alicyclic amines) is 1. The molecule has 0 saturated carbocycles. The number of halogens is 1. The summed E-state index contributed by atoms with van der Waals surface area (Å²) in [7, 11) is 0. The van der Waals surface area contributed by atoms with Gasteiger partial charge in [0.2, 0.25) is 0 Å². The molecule has 0 aromatic heterocycles. The molecule has 0 radical (unpaired) electrons. The topological polar surface area (TPSA) is 32.3 Å². The van der Waals surface area contributed by atoms with E-state index in [1.165, 1.54) is 12.8 Å². The normalized spacial score (nSPS) is 17.1. The van der Waals surface area contributed by atoms with Gasteiger partial charge in [0, 0.05) is 15.9 Å². The molecule has 1 fully saturated rings. The third-order valence-corrected chi connectivity index (χ3v) is 4.87. The standard InChI is InChI=1S/C15H21BrN2OS/c1-2-18-7-5-11(6-8-18)10-17-15(19)13-9-12(20)3-4-14(13)16/h3-4,9,11,20H,2,5-8,10H2,1H3,(H,17,19). The third-order valence-electron chi connectivity index (χ3n) is 3.90. The van der Waals surface area contributed by atoms with Crippen molar-refractivity contribution in [2.45, 2.75) is 24.7 Å². The summed E-state index contributed by atoms with van der Waals surface area (Å²) in [6.45, 7) is 6.38. The molecule has 110 valence electrons. The Morgan fingerprint density at radius 2 is 2.15 bits per heavy atom. The summed E-state index contributed by atoms with van der Waals surface area (Å²) in [6, 6.07) is 5.52. The lowest BCUT2D eigenvalue weighted by molar-refractivity contribution is 0.0936. The first-order chi connectivity index (χ1) is 9.60. The van der Waals surface area contributed by atoms with Crippen molar-refractivity contribution in [3.8, 4) is 0 Å². The molecule has 0 atom stereocenters. The molecule has 5 heteroatoms. The lowest BCUT2D eigenvalue weighted by Gasteiger charge is -2.31. The highest BCUT2D eigenvalue weighted by atomic mass is 79.9. The summed E-state index contributed by atoms with van der Waals surface area (Å²) in [4.78, 5) is 15.5. The highest BCUT2D eigenvalue weighted by Gasteiger charge is 2.19. The van der Waals surface area contributed by atoms with E-state index >= 15 is 0 Å². The van der Waals surface area contributed by atoms with Crippen LogP contribution < -0.4 is 5.32 Å². The van der Waals surface area contributed by atoms with Crippen molar-refractivity contribution in [3.63, 3.8) is 0 Å². The first-order valence-electron chi connectivity index (χ1n) is 7.09. The Morgan fingerprint density at radius 3 is 2.80 bits per heavy atom. The molecule has 3 nitrogen and oxygen atoms in total. The van der Waals surface area contributed by atoms with E-state index in [-0.39, 0.29) is 5.91 Å². The van der Waals surface area contributed by atoms with Gasteiger partial charge in [0.25, 0.3) is 5.91 Å². The fourth-order valence-electron chi connectivity index (χ4n) is 2.53. The average Bonchev–Trinajstić information content (AvgIpc) is 2.47. The maximum Gasteiger partial charge on any atom is 0.252 e. The number of thiol groups is 1. The van der Waals surface area contributed by atoms with Crippen molar-refractivity contribution in [3.05, 3.63) is 28.2 Å². The van der Waals surface area contributed by atoms with E-state index in [0.717, 1.165) is 35.5 Å². The van der Waals surface area contributed by atoms with Crippen LogP contribution >= 0.6 is 28.6 Å². The monoisotopic (exact) mass is 356 g/mol. The SMILES string of the molecule is CCN1CCC(CNC(=O)c2cc(S)ccc2Br)CC1. The lowest BCUT2D eigenvalue weighted by atomic mass is 9.97. The number of rotatable bonds is 4. The Balaban J connectivity index is 1.85. The molecule has 1 aliphatic heterocycles. The number of amides is 1. The zero-order valence-electron chi connectivity index (χ0n) is 11.7. The number of carbonyl (C=O) groups is 1. The first-order valence-corrected chi connectivity index (χ1v) is 8.33. The number of carbonyl (C=O) groups excluding carboxylic acids is 1. The maximum absolute atomic E-state index is 12.2. The average molecular weight is 357 g/mol. The van der Waals surface area contributed by atoms with Crippen LogP contribution in [0.1, 0.15) is 30.1 Å². The van der Waals surface area contributed by atoms with Crippen LogP contribution in [0.2, 0.25) is 0 Å². The van der Waals surface area contributed by atoms with Crippen LogP contribution in [-0.2, 0) is 0 Å². The molecule has 0 bridgehead atoms. The quantitative estimate of drug-likeness (QED) is 0.812. The molecule has 1 amide bonds. The lowest BCUT2D eigenvalue weighted by Crippen LogP contribution is -2.38. The minimum Gasteiger partial charge on any atom is -0.352 e. The fraction of sp³-hybridized carbons (Fsp3) is 0.533. The van der Waals surface area contributed by atoms with Crippen molar-refractivity contribution in [2.75, 3.05) is 26.2 Å². The van der Waals surface area contributed by atoms with Crippen LogP contribution in [0.15, 0.2) is 27.6 Å². The summed E-state index contributed by atoms with van der Waals surface area (Å²) in [5.41, 5.74) is 0.656. The fourth-order valence-corrected chi connectivity index (χ4v) is 3.16. The number of hydrogen-bond donors (Lipinski definition) is 2. The van der Waals surface area contributed by atoms with Gasteiger partial charge in [0.15, 0.2) is 0 Å². The molecule has 1 N–H and O–H groups in total. The Bertz CT molecular complexity index is 473. The van der Waals surface area contributed by atoms with E-state index < -0.39 is 0 Å². The molecule has 20 heavy (non-hydrogen) atoms. The van der Waals surface area contributed by atoms with E-state index in [4.69, 9.17) is 0 Å². The molecule has 1 aromatic carbocycles. The van der Waals surface area contributed by atoms with E-state index in [1.807, 2.05) is 12.1 Å². The van der Waals surface area contributed by atoms with Crippen LogP contribution in [0, 0.1) is 5.92 Å². The van der Waals surface area contributed by atoms with Gasteiger partial charge in [0.05, 0.1) is 5.56 Å². The van der Waals surface area contributed by atoms with Crippen molar-refractivity contribution in [2.24, 2.45) is 5.92 Å². The van der Waals surface area contributed by atoms with Gasteiger partial charge in [-0.25, -0.2) is 0 Å². The minimum absolute atomic E-state index is 0.0225. The molecule has 1 heterocycles. The van der Waals surface area contributed by atoms with E-state index in [0.29, 0.717) is 11.5 Å². The summed E-state index contributed by atoms with van der Waals surface area (Å²) in [5, 5.41) is 3.05. The van der Waals surface area contributed by atoms with Crippen LogP contribution in [0.4, 0.5) is 0 Å². The highest BCUT2D eigenvalue weighted by Crippen LogP contribution is 2.21. The van der Waals surface area contributed by atoms with E-state index in [2.05, 4.69) is 45.7 Å². The summed E-state index contributed by atoms with van der Waals surface area (Å²) in [6.07, 6.45) is 2.34. The Kier molecular flexibility index (Phi) is 5.93. The van der Waals surface area contributed by atoms with Gasteiger partial charge in [-0.1, -0.05) is 6.92 Å². The number of hydrogen-bond acceptors (Lipinski definition) is 3. The first kappa shape index (κ1) is 15.9. The summed E-state index contributed by atoms with van der Waals surface area (Å²) >= 11 is 7.69. The van der Waals surface area contributed by atoms with Crippen molar-refractivity contribution in [1.29, 1.82) is 0 Å². The van der Waals surface area contributed by atoms with Gasteiger partial charge in [-0.2, -0.15) is 0 Å². The molecular formula is C15H21BrN2OS. The Morgan fingerprint density at radius 1 is 1.45 bits per heavy atom. The number of benzene rings is 1. The molecule has 0 unspecified atom stereocenters. The van der Waals surface area contributed by atoms with Gasteiger partial charge in [0.1, 0.15) is 0 Å². The minimum atomic E-state index is -0.0225. The van der Waals surface area contributed by atoms with Gasteiger partial charge in [-0.05, 0) is 72.5 Å². The summed E-state index contributed by atoms with van der Waals surface area (Å²) < 4.78 is 0.814. The second kappa shape index (κ2) is 7.48. The van der Waals surface area contributed by atoms with Gasteiger partial charge in [-0.15, -0.1) is 12.6 Å². The predicted octanol–water partition coefficient (Wildman–Crippen LogP) is 3.20. The smallest absolute Gasteiger partial charge is 0.252 e. The van der Waals surface area contributed by atoms with Crippen molar-refractivity contribution in [1.82, 2.24) is 10.2 Å². The van der Waals surface area contributed by atoms with Crippen molar-refractivity contribution < 1.29 is 4.79 Å². The van der Waals surface area contributed by atoms with E-state index in [1.54, 1.807) is 6.07 Å². The Hall–Kier alpha value is -0.520. The van der Waals surface area contributed by atoms with E-state index in [9.17, 15) is 4.79 Å². The molecule has 0 spiro atoms. The van der Waals surface area contributed by atoms with Gasteiger partial charge < -0.3 is 10.2 Å². The molecule has 0 aliphatic carbocycles. The highest BCUT2D eigenvalue weighted by molar-refractivity contribution is 9.10. The van der Waals surface area contributed by atoms with Crippen molar-refractivity contribution >= 4 is 34.5 Å². The molecule has 2 rings (SSSR count).